The second kappa shape index (κ2) is 4.97. The maximum Gasteiger partial charge on any atom is 0.107 e. The maximum absolute atomic E-state index is 9.72. The number of hydrogen-bond acceptors (Lipinski definition) is 2. The molecule has 0 heterocycles. The van der Waals surface area contributed by atoms with Crippen LogP contribution >= 0.6 is 0 Å². The lowest BCUT2D eigenvalue weighted by Crippen LogP contribution is -2.43. The first-order valence-electron chi connectivity index (χ1n) is 5.55. The average molecular weight is 185 g/mol. The molecule has 1 aliphatic carbocycles. The Bertz CT molecular complexity index is 141. The molecule has 13 heavy (non-hydrogen) atoms. The zero-order valence-electron chi connectivity index (χ0n) is 9.09. The minimum absolute atomic E-state index is 0.259. The summed E-state index contributed by atoms with van der Waals surface area (Å²) in [6.07, 6.45) is 3.43. The number of aliphatic hydroxyl groups excluding tert-OH is 1. The van der Waals surface area contributed by atoms with Crippen LogP contribution in [0.2, 0.25) is 0 Å². The molecule has 0 aromatic rings. The van der Waals surface area contributed by atoms with Gasteiger partial charge in [0.2, 0.25) is 0 Å². The summed E-state index contributed by atoms with van der Waals surface area (Å²) in [4.78, 5) is 0. The molecule has 1 atom stereocenters. The quantitative estimate of drug-likeness (QED) is 0.642. The van der Waals surface area contributed by atoms with Gasteiger partial charge in [0, 0.05) is 0 Å². The summed E-state index contributed by atoms with van der Waals surface area (Å²) in [5.41, 5.74) is 0. The van der Waals surface area contributed by atoms with E-state index in [4.69, 9.17) is 0 Å². The van der Waals surface area contributed by atoms with E-state index in [1.165, 1.54) is 19.3 Å². The molecule has 78 valence electrons. The molecule has 0 bridgehead atoms. The SMILES string of the molecule is CCC1CC(C(O)NCC(C)C)C1. The molecule has 2 N–H and O–H groups in total. The van der Waals surface area contributed by atoms with E-state index in [1.54, 1.807) is 0 Å². The van der Waals surface area contributed by atoms with Gasteiger partial charge < -0.3 is 5.11 Å². The van der Waals surface area contributed by atoms with Crippen molar-refractivity contribution >= 4 is 0 Å². The Morgan fingerprint density at radius 1 is 1.38 bits per heavy atom. The monoisotopic (exact) mass is 185 g/mol. The summed E-state index contributed by atoms with van der Waals surface area (Å²) in [5.74, 6) is 2.01. The molecule has 1 saturated carbocycles. The predicted molar refractivity (Wildman–Crippen MR) is 55.4 cm³/mol. The fourth-order valence-electron chi connectivity index (χ4n) is 1.90. The van der Waals surface area contributed by atoms with Gasteiger partial charge in [-0.1, -0.05) is 27.2 Å². The second-order valence-corrected chi connectivity index (χ2v) is 4.75. The molecule has 0 aromatic carbocycles. The number of rotatable bonds is 5. The minimum atomic E-state index is -0.259. The zero-order chi connectivity index (χ0) is 9.84. The van der Waals surface area contributed by atoms with E-state index >= 15 is 0 Å². The minimum Gasteiger partial charge on any atom is -0.378 e. The molecule has 1 aliphatic rings. The molecule has 1 unspecified atom stereocenters. The summed E-state index contributed by atoms with van der Waals surface area (Å²) in [6.45, 7) is 7.48. The largest absolute Gasteiger partial charge is 0.378 e. The van der Waals surface area contributed by atoms with Gasteiger partial charge in [0.15, 0.2) is 0 Å². The van der Waals surface area contributed by atoms with Crippen LogP contribution in [0.5, 0.6) is 0 Å². The lowest BCUT2D eigenvalue weighted by Gasteiger charge is -2.38. The smallest absolute Gasteiger partial charge is 0.107 e. The summed E-state index contributed by atoms with van der Waals surface area (Å²) in [7, 11) is 0. The van der Waals surface area contributed by atoms with Crippen LogP contribution < -0.4 is 5.32 Å². The first-order chi connectivity index (χ1) is 6.13. The standard InChI is InChI=1S/C11H23NO/c1-4-9-5-10(6-9)11(13)12-7-8(2)3/h8-13H,4-7H2,1-3H3. The van der Waals surface area contributed by atoms with Gasteiger partial charge in [-0.15, -0.1) is 0 Å². The number of aliphatic hydroxyl groups is 1. The van der Waals surface area contributed by atoms with Gasteiger partial charge in [-0.2, -0.15) is 0 Å². The van der Waals surface area contributed by atoms with E-state index in [9.17, 15) is 5.11 Å². The van der Waals surface area contributed by atoms with Crippen molar-refractivity contribution in [3.63, 3.8) is 0 Å². The van der Waals surface area contributed by atoms with E-state index in [-0.39, 0.29) is 6.23 Å². The van der Waals surface area contributed by atoms with E-state index < -0.39 is 0 Å². The molecule has 0 aliphatic heterocycles. The third-order valence-electron chi connectivity index (χ3n) is 3.03. The summed E-state index contributed by atoms with van der Waals surface area (Å²) in [6, 6.07) is 0. The molecule has 0 radical (unpaired) electrons. The molecular weight excluding hydrogens is 162 g/mol. The summed E-state index contributed by atoms with van der Waals surface area (Å²) < 4.78 is 0. The van der Waals surface area contributed by atoms with Crippen LogP contribution in [0.15, 0.2) is 0 Å². The number of nitrogens with one attached hydrogen (secondary N) is 1. The van der Waals surface area contributed by atoms with Gasteiger partial charge in [-0.05, 0) is 37.1 Å². The molecule has 2 heteroatoms. The lowest BCUT2D eigenvalue weighted by atomic mass is 9.72. The van der Waals surface area contributed by atoms with Crippen molar-refractivity contribution < 1.29 is 5.11 Å². The fraction of sp³-hybridized carbons (Fsp3) is 1.00. The van der Waals surface area contributed by atoms with Crippen LogP contribution in [0.1, 0.15) is 40.0 Å². The van der Waals surface area contributed by atoms with Crippen molar-refractivity contribution in [3.05, 3.63) is 0 Å². The number of hydrogen-bond donors (Lipinski definition) is 2. The van der Waals surface area contributed by atoms with Crippen molar-refractivity contribution in [2.45, 2.75) is 46.3 Å². The summed E-state index contributed by atoms with van der Waals surface area (Å²) >= 11 is 0. The van der Waals surface area contributed by atoms with E-state index in [2.05, 4.69) is 26.1 Å². The Morgan fingerprint density at radius 2 is 2.00 bits per heavy atom. The maximum atomic E-state index is 9.72. The van der Waals surface area contributed by atoms with Gasteiger partial charge in [0.1, 0.15) is 6.23 Å². The van der Waals surface area contributed by atoms with Crippen LogP contribution in [0, 0.1) is 17.8 Å². The van der Waals surface area contributed by atoms with Crippen LogP contribution in [-0.2, 0) is 0 Å². The third kappa shape index (κ3) is 3.28. The molecule has 0 aromatic heterocycles. The lowest BCUT2D eigenvalue weighted by molar-refractivity contribution is 0.00258. The van der Waals surface area contributed by atoms with Crippen molar-refractivity contribution in [3.8, 4) is 0 Å². The van der Waals surface area contributed by atoms with Crippen molar-refractivity contribution in [2.24, 2.45) is 17.8 Å². The molecule has 2 nitrogen and oxygen atoms in total. The van der Waals surface area contributed by atoms with Crippen molar-refractivity contribution in [1.29, 1.82) is 0 Å². The molecule has 0 spiro atoms. The van der Waals surface area contributed by atoms with E-state index in [0.29, 0.717) is 11.8 Å². The van der Waals surface area contributed by atoms with Crippen LogP contribution in [0.3, 0.4) is 0 Å². The van der Waals surface area contributed by atoms with Gasteiger partial charge in [-0.3, -0.25) is 5.32 Å². The predicted octanol–water partition coefficient (Wildman–Crippen LogP) is 1.99. The van der Waals surface area contributed by atoms with E-state index in [1.807, 2.05) is 0 Å². The Balaban J connectivity index is 2.08. The van der Waals surface area contributed by atoms with Gasteiger partial charge in [-0.25, -0.2) is 0 Å². The molecule has 1 rings (SSSR count). The van der Waals surface area contributed by atoms with Gasteiger partial charge >= 0.3 is 0 Å². The molecule has 0 amide bonds. The fourth-order valence-corrected chi connectivity index (χ4v) is 1.90. The van der Waals surface area contributed by atoms with Gasteiger partial charge in [0.25, 0.3) is 0 Å². The zero-order valence-corrected chi connectivity index (χ0v) is 9.09. The highest BCUT2D eigenvalue weighted by Crippen LogP contribution is 2.37. The highest BCUT2D eigenvalue weighted by Gasteiger charge is 2.32. The van der Waals surface area contributed by atoms with Crippen LogP contribution in [-0.4, -0.2) is 17.9 Å². The second-order valence-electron chi connectivity index (χ2n) is 4.75. The third-order valence-corrected chi connectivity index (χ3v) is 3.03. The molecule has 1 fully saturated rings. The first kappa shape index (κ1) is 11.0. The normalized spacial score (nSPS) is 30.2. The Hall–Kier alpha value is -0.0800. The van der Waals surface area contributed by atoms with Crippen LogP contribution in [0.25, 0.3) is 0 Å². The first-order valence-corrected chi connectivity index (χ1v) is 5.55. The average Bonchev–Trinajstić information content (AvgIpc) is 1.99. The highest BCUT2D eigenvalue weighted by atomic mass is 16.3. The topological polar surface area (TPSA) is 32.3 Å². The Kier molecular flexibility index (Phi) is 4.20. The van der Waals surface area contributed by atoms with Crippen molar-refractivity contribution in [1.82, 2.24) is 5.32 Å². The Labute approximate surface area is 81.7 Å². The van der Waals surface area contributed by atoms with Crippen LogP contribution in [0.4, 0.5) is 0 Å². The Morgan fingerprint density at radius 3 is 2.46 bits per heavy atom. The van der Waals surface area contributed by atoms with Crippen molar-refractivity contribution in [2.75, 3.05) is 6.54 Å². The van der Waals surface area contributed by atoms with Gasteiger partial charge in [0.05, 0.1) is 0 Å². The van der Waals surface area contributed by atoms with E-state index in [0.717, 1.165) is 12.5 Å². The molecular formula is C11H23NO. The highest BCUT2D eigenvalue weighted by molar-refractivity contribution is 4.82. The molecule has 0 saturated heterocycles. The summed E-state index contributed by atoms with van der Waals surface area (Å²) in [5, 5.41) is 12.9.